The third-order valence-corrected chi connectivity index (χ3v) is 4.11. The summed E-state index contributed by atoms with van der Waals surface area (Å²) in [6, 6.07) is 9.46. The number of hydrogen-bond donors (Lipinski definition) is 2. The molecule has 0 fully saturated rings. The van der Waals surface area contributed by atoms with Gasteiger partial charge in [0.25, 0.3) is 0 Å². The summed E-state index contributed by atoms with van der Waals surface area (Å²) in [6.45, 7) is 0.0552. The number of amides is 2. The summed E-state index contributed by atoms with van der Waals surface area (Å²) in [6.07, 6.45) is 0. The first kappa shape index (κ1) is 17.1. The van der Waals surface area contributed by atoms with E-state index in [2.05, 4.69) is 5.32 Å². The Labute approximate surface area is 137 Å². The monoisotopic (exact) mass is 335 g/mol. The first-order valence-corrected chi connectivity index (χ1v) is 7.88. The molecule has 2 amide bonds. The molecule has 1 heterocycles. The largest absolute Gasteiger partial charge is 0.369 e. The highest BCUT2D eigenvalue weighted by Gasteiger charge is 2.19. The molecule has 1 aromatic carbocycles. The molecule has 1 aromatic heterocycles. The van der Waals surface area contributed by atoms with Gasteiger partial charge in [-0.2, -0.15) is 0 Å². The highest BCUT2D eigenvalue weighted by Crippen LogP contribution is 2.26. The Balaban J connectivity index is 2.11. The number of nitrogens with two attached hydrogens (primary N) is 1. The summed E-state index contributed by atoms with van der Waals surface area (Å²) in [4.78, 5) is 25.6. The Morgan fingerprint density at radius 1 is 1.26 bits per heavy atom. The molecule has 0 aliphatic heterocycles. The van der Waals surface area contributed by atoms with Crippen molar-refractivity contribution in [3.63, 3.8) is 0 Å². The van der Waals surface area contributed by atoms with Gasteiger partial charge in [0.05, 0.1) is 19.1 Å². The van der Waals surface area contributed by atoms with Gasteiger partial charge in [-0.05, 0) is 36.2 Å². The summed E-state index contributed by atoms with van der Waals surface area (Å²) in [5, 5.41) is 4.83. The van der Waals surface area contributed by atoms with Gasteiger partial charge in [0, 0.05) is 4.88 Å². The van der Waals surface area contributed by atoms with Crippen molar-refractivity contribution in [2.75, 3.05) is 20.1 Å². The summed E-state index contributed by atoms with van der Waals surface area (Å²) in [5.74, 6) is -1.06. The third kappa shape index (κ3) is 5.15. The maximum atomic E-state index is 13.1. The van der Waals surface area contributed by atoms with Gasteiger partial charge in [-0.1, -0.05) is 18.2 Å². The van der Waals surface area contributed by atoms with Gasteiger partial charge in [-0.3, -0.25) is 14.5 Å². The number of nitrogens with zero attached hydrogens (tertiary/aromatic N) is 1. The second kappa shape index (κ2) is 7.85. The van der Waals surface area contributed by atoms with Gasteiger partial charge in [0.1, 0.15) is 5.82 Å². The number of carbonyl (C=O) groups excluding carboxylic acids is 2. The Bertz CT molecular complexity index is 658. The summed E-state index contributed by atoms with van der Waals surface area (Å²) < 4.78 is 13.1. The maximum Gasteiger partial charge on any atom is 0.234 e. The van der Waals surface area contributed by atoms with Gasteiger partial charge >= 0.3 is 0 Å². The van der Waals surface area contributed by atoms with Crippen molar-refractivity contribution < 1.29 is 14.0 Å². The molecule has 0 spiro atoms. The molecule has 1 unspecified atom stereocenters. The van der Waals surface area contributed by atoms with E-state index in [-0.39, 0.29) is 30.9 Å². The summed E-state index contributed by atoms with van der Waals surface area (Å²) in [7, 11) is 1.64. The summed E-state index contributed by atoms with van der Waals surface area (Å²) >= 11 is 1.51. The number of primary amides is 1. The number of nitrogens with one attached hydrogen (secondary N) is 1. The molecule has 122 valence electrons. The Morgan fingerprint density at radius 3 is 2.52 bits per heavy atom. The van der Waals surface area contributed by atoms with Crippen molar-refractivity contribution in [1.29, 1.82) is 0 Å². The predicted molar refractivity (Wildman–Crippen MR) is 87.4 cm³/mol. The fraction of sp³-hybridized carbons (Fsp3) is 0.250. The minimum atomic E-state index is -0.492. The Kier molecular flexibility index (Phi) is 5.84. The van der Waals surface area contributed by atoms with E-state index < -0.39 is 5.91 Å². The third-order valence-electron chi connectivity index (χ3n) is 3.18. The van der Waals surface area contributed by atoms with Crippen LogP contribution in [0, 0.1) is 5.82 Å². The van der Waals surface area contributed by atoms with Crippen LogP contribution in [0.3, 0.4) is 0 Å². The van der Waals surface area contributed by atoms with Crippen LogP contribution in [-0.2, 0) is 9.59 Å². The van der Waals surface area contributed by atoms with Crippen LogP contribution in [0.4, 0.5) is 4.39 Å². The second-order valence-corrected chi connectivity index (χ2v) is 6.19. The molecule has 2 aromatic rings. The number of carbonyl (C=O) groups is 2. The van der Waals surface area contributed by atoms with Crippen molar-refractivity contribution in [1.82, 2.24) is 10.2 Å². The first-order chi connectivity index (χ1) is 11.0. The molecule has 1 atom stereocenters. The van der Waals surface area contributed by atoms with Crippen molar-refractivity contribution in [3.05, 3.63) is 58.0 Å². The van der Waals surface area contributed by atoms with Crippen molar-refractivity contribution in [2.24, 2.45) is 5.73 Å². The molecule has 0 bridgehead atoms. The van der Waals surface area contributed by atoms with Gasteiger partial charge < -0.3 is 11.1 Å². The van der Waals surface area contributed by atoms with Crippen LogP contribution in [0.25, 0.3) is 0 Å². The SMILES string of the molecule is CN(CC(N)=O)CC(=O)NC(c1ccc(F)cc1)c1cccs1. The molecule has 0 saturated carbocycles. The van der Waals surface area contributed by atoms with E-state index in [1.54, 1.807) is 19.2 Å². The maximum absolute atomic E-state index is 13.1. The normalized spacial score (nSPS) is 12.1. The second-order valence-electron chi connectivity index (χ2n) is 5.21. The van der Waals surface area contributed by atoms with E-state index in [0.29, 0.717) is 0 Å². The zero-order chi connectivity index (χ0) is 16.8. The van der Waals surface area contributed by atoms with Crippen molar-refractivity contribution in [2.45, 2.75) is 6.04 Å². The van der Waals surface area contributed by atoms with E-state index in [4.69, 9.17) is 5.73 Å². The van der Waals surface area contributed by atoms with Crippen LogP contribution in [0.1, 0.15) is 16.5 Å². The minimum Gasteiger partial charge on any atom is -0.369 e. The van der Waals surface area contributed by atoms with E-state index >= 15 is 0 Å². The fourth-order valence-electron chi connectivity index (χ4n) is 2.20. The van der Waals surface area contributed by atoms with Crippen molar-refractivity contribution >= 4 is 23.2 Å². The number of halogens is 1. The van der Waals surface area contributed by atoms with Gasteiger partial charge in [-0.25, -0.2) is 4.39 Å². The van der Waals surface area contributed by atoms with Crippen LogP contribution in [-0.4, -0.2) is 36.9 Å². The summed E-state index contributed by atoms with van der Waals surface area (Å²) in [5.41, 5.74) is 5.90. The van der Waals surface area contributed by atoms with E-state index in [0.717, 1.165) is 10.4 Å². The minimum absolute atomic E-state index is 0.00758. The zero-order valence-electron chi connectivity index (χ0n) is 12.7. The lowest BCUT2D eigenvalue weighted by Crippen LogP contribution is -2.40. The van der Waals surface area contributed by atoms with Crippen LogP contribution in [0.2, 0.25) is 0 Å². The Morgan fingerprint density at radius 2 is 1.96 bits per heavy atom. The lowest BCUT2D eigenvalue weighted by atomic mass is 10.1. The highest BCUT2D eigenvalue weighted by atomic mass is 32.1. The van der Waals surface area contributed by atoms with E-state index in [9.17, 15) is 14.0 Å². The number of likely N-dealkylation sites (N-methyl/N-ethyl adjacent to an activating group) is 1. The molecule has 7 heteroatoms. The van der Waals surface area contributed by atoms with Crippen LogP contribution in [0.5, 0.6) is 0 Å². The fourth-order valence-corrected chi connectivity index (χ4v) is 3.01. The smallest absolute Gasteiger partial charge is 0.234 e. The van der Waals surface area contributed by atoms with Crippen molar-refractivity contribution in [3.8, 4) is 0 Å². The lowest BCUT2D eigenvalue weighted by Gasteiger charge is -2.20. The highest BCUT2D eigenvalue weighted by molar-refractivity contribution is 7.10. The first-order valence-electron chi connectivity index (χ1n) is 7.01. The number of benzene rings is 1. The zero-order valence-corrected chi connectivity index (χ0v) is 13.5. The van der Waals surface area contributed by atoms with Gasteiger partial charge in [0.2, 0.25) is 11.8 Å². The molecule has 0 aliphatic carbocycles. The predicted octanol–water partition coefficient (Wildman–Crippen LogP) is 1.51. The topological polar surface area (TPSA) is 75.4 Å². The molecule has 0 radical (unpaired) electrons. The Hall–Kier alpha value is -2.25. The number of thiophene rings is 1. The molecule has 2 rings (SSSR count). The standard InChI is InChI=1S/C16H18FN3O2S/c1-20(9-14(18)21)10-15(22)19-16(13-3-2-8-23-13)11-4-6-12(17)7-5-11/h2-8,16H,9-10H2,1H3,(H2,18,21)(H,19,22). The van der Waals surface area contributed by atoms with Crippen LogP contribution >= 0.6 is 11.3 Å². The molecule has 3 N–H and O–H groups in total. The molecule has 5 nitrogen and oxygen atoms in total. The number of hydrogen-bond acceptors (Lipinski definition) is 4. The van der Waals surface area contributed by atoms with E-state index in [1.807, 2.05) is 17.5 Å². The molecule has 23 heavy (non-hydrogen) atoms. The molecular weight excluding hydrogens is 317 g/mol. The van der Waals surface area contributed by atoms with Gasteiger partial charge in [-0.15, -0.1) is 11.3 Å². The molecule has 0 aliphatic rings. The van der Waals surface area contributed by atoms with Gasteiger partial charge in [0.15, 0.2) is 0 Å². The molecule has 0 saturated heterocycles. The van der Waals surface area contributed by atoms with Crippen LogP contribution < -0.4 is 11.1 Å². The van der Waals surface area contributed by atoms with E-state index in [1.165, 1.54) is 28.4 Å². The lowest BCUT2D eigenvalue weighted by molar-refractivity contribution is -0.123. The van der Waals surface area contributed by atoms with Crippen LogP contribution in [0.15, 0.2) is 41.8 Å². The quantitative estimate of drug-likeness (QED) is 0.805. The molecular formula is C16H18FN3O2S. The average molecular weight is 335 g/mol. The average Bonchev–Trinajstić information content (AvgIpc) is 2.98. The number of rotatable bonds is 7.